The topological polar surface area (TPSA) is 35.6 Å². The highest BCUT2D eigenvalue weighted by Gasteiger charge is 2.18. The van der Waals surface area contributed by atoms with Crippen molar-refractivity contribution in [3.63, 3.8) is 0 Å². The zero-order valence-corrected chi connectivity index (χ0v) is 21.3. The number of hydrogen-bond acceptors (Lipinski definition) is 3. The van der Waals surface area contributed by atoms with E-state index in [-0.39, 0.29) is 5.91 Å². The number of hydrogen-bond donors (Lipinski definition) is 1. The van der Waals surface area contributed by atoms with E-state index in [9.17, 15) is 4.79 Å². The van der Waals surface area contributed by atoms with Crippen molar-refractivity contribution in [3.05, 3.63) is 29.3 Å². The van der Waals surface area contributed by atoms with Crippen LogP contribution in [0.1, 0.15) is 108 Å². The molecule has 1 aromatic rings. The van der Waals surface area contributed by atoms with Crippen molar-refractivity contribution in [3.8, 4) is 0 Å². The molecule has 0 aromatic heterocycles. The van der Waals surface area contributed by atoms with Crippen molar-refractivity contribution in [1.29, 1.82) is 0 Å². The van der Waals surface area contributed by atoms with Crippen molar-refractivity contribution < 1.29 is 4.79 Å². The largest absolute Gasteiger partial charge is 0.369 e. The first kappa shape index (κ1) is 26.7. The molecule has 0 radical (unpaired) electrons. The summed E-state index contributed by atoms with van der Waals surface area (Å²) in [6.07, 6.45) is 18.1. The van der Waals surface area contributed by atoms with Gasteiger partial charge in [-0.25, -0.2) is 5.01 Å². The monoisotopic (exact) mass is 443 g/mol. The number of carbonyl (C=O) groups is 1. The lowest BCUT2D eigenvalue weighted by atomic mass is 10.0. The van der Waals surface area contributed by atoms with Gasteiger partial charge in [-0.3, -0.25) is 10.2 Å². The van der Waals surface area contributed by atoms with Crippen LogP contribution >= 0.6 is 0 Å². The molecule has 32 heavy (non-hydrogen) atoms. The average molecular weight is 444 g/mol. The predicted molar refractivity (Wildman–Crippen MR) is 138 cm³/mol. The van der Waals surface area contributed by atoms with Gasteiger partial charge in [0.2, 0.25) is 5.91 Å². The highest BCUT2D eigenvalue weighted by molar-refractivity contribution is 5.75. The Morgan fingerprint density at radius 1 is 0.750 bits per heavy atom. The number of benzene rings is 1. The van der Waals surface area contributed by atoms with Crippen molar-refractivity contribution in [2.24, 2.45) is 0 Å². The van der Waals surface area contributed by atoms with Crippen LogP contribution in [-0.2, 0) is 4.79 Å². The Morgan fingerprint density at radius 2 is 1.28 bits per heavy atom. The van der Waals surface area contributed by atoms with Gasteiger partial charge in [-0.1, -0.05) is 90.0 Å². The van der Waals surface area contributed by atoms with Crippen LogP contribution in [-0.4, -0.2) is 37.1 Å². The van der Waals surface area contributed by atoms with Gasteiger partial charge in [0, 0.05) is 38.3 Å². The minimum absolute atomic E-state index is 0.188. The molecule has 1 aliphatic rings. The predicted octanol–water partition coefficient (Wildman–Crippen LogP) is 6.94. The number of carbonyl (C=O) groups excluding carboxylic acids is 1. The van der Waals surface area contributed by atoms with Gasteiger partial charge in [0.25, 0.3) is 0 Å². The SMILES string of the molecule is CCCCCCCCCCCCCCCC(=O)NN1CCN(c2ccc(C)c(C)c2)CC1. The third kappa shape index (κ3) is 10.8. The van der Waals surface area contributed by atoms with Gasteiger partial charge in [-0.15, -0.1) is 0 Å². The zero-order chi connectivity index (χ0) is 23.0. The van der Waals surface area contributed by atoms with E-state index in [1.165, 1.54) is 93.9 Å². The van der Waals surface area contributed by atoms with Gasteiger partial charge in [0.05, 0.1) is 0 Å². The second-order valence-corrected chi connectivity index (χ2v) is 9.77. The first-order chi connectivity index (χ1) is 15.6. The molecule has 182 valence electrons. The molecule has 1 N–H and O–H groups in total. The lowest BCUT2D eigenvalue weighted by molar-refractivity contribution is -0.126. The van der Waals surface area contributed by atoms with Crippen LogP contribution in [0.2, 0.25) is 0 Å². The molecule has 0 bridgehead atoms. The van der Waals surface area contributed by atoms with E-state index in [1.54, 1.807) is 0 Å². The molecule has 4 heteroatoms. The molecule has 0 aliphatic carbocycles. The van der Waals surface area contributed by atoms with Crippen molar-refractivity contribution in [2.45, 2.75) is 111 Å². The molecule has 1 amide bonds. The van der Waals surface area contributed by atoms with Gasteiger partial charge in [-0.2, -0.15) is 0 Å². The van der Waals surface area contributed by atoms with E-state index in [2.05, 4.69) is 54.3 Å². The first-order valence-electron chi connectivity index (χ1n) is 13.5. The number of amides is 1. The second-order valence-electron chi connectivity index (χ2n) is 9.77. The number of rotatable bonds is 16. The molecule has 1 aromatic carbocycles. The fourth-order valence-electron chi connectivity index (χ4n) is 4.53. The third-order valence-corrected chi connectivity index (χ3v) is 6.93. The minimum Gasteiger partial charge on any atom is -0.369 e. The van der Waals surface area contributed by atoms with Crippen molar-refractivity contribution in [2.75, 3.05) is 31.1 Å². The molecule has 2 rings (SSSR count). The van der Waals surface area contributed by atoms with E-state index in [1.807, 2.05) is 0 Å². The second kappa shape index (κ2) is 16.1. The zero-order valence-electron chi connectivity index (χ0n) is 21.3. The summed E-state index contributed by atoms with van der Waals surface area (Å²) in [5.41, 5.74) is 7.10. The summed E-state index contributed by atoms with van der Waals surface area (Å²) in [4.78, 5) is 14.7. The number of hydrazine groups is 1. The molecule has 0 spiro atoms. The summed E-state index contributed by atoms with van der Waals surface area (Å²) in [6.45, 7) is 10.3. The highest BCUT2D eigenvalue weighted by Crippen LogP contribution is 2.20. The number of aryl methyl sites for hydroxylation is 2. The molecule has 1 aliphatic heterocycles. The van der Waals surface area contributed by atoms with Crippen LogP contribution in [0.4, 0.5) is 5.69 Å². The van der Waals surface area contributed by atoms with Crippen LogP contribution in [0.3, 0.4) is 0 Å². The highest BCUT2D eigenvalue weighted by atomic mass is 16.2. The summed E-state index contributed by atoms with van der Waals surface area (Å²) in [5, 5.41) is 2.10. The average Bonchev–Trinajstić information content (AvgIpc) is 2.79. The molecule has 1 saturated heterocycles. The summed E-state index contributed by atoms with van der Waals surface area (Å²) < 4.78 is 0. The molecular formula is C28H49N3O. The summed E-state index contributed by atoms with van der Waals surface area (Å²) in [7, 11) is 0. The summed E-state index contributed by atoms with van der Waals surface area (Å²) in [6, 6.07) is 6.69. The Kier molecular flexibility index (Phi) is 13.5. The van der Waals surface area contributed by atoms with Gasteiger partial charge in [0.15, 0.2) is 0 Å². The van der Waals surface area contributed by atoms with E-state index < -0.39 is 0 Å². The van der Waals surface area contributed by atoms with Crippen LogP contribution in [0.25, 0.3) is 0 Å². The van der Waals surface area contributed by atoms with Crippen LogP contribution in [0.15, 0.2) is 18.2 Å². The molecular weight excluding hydrogens is 394 g/mol. The number of piperazine rings is 1. The lowest BCUT2D eigenvalue weighted by Gasteiger charge is -2.36. The molecule has 1 fully saturated rings. The molecule has 0 unspecified atom stereocenters. The lowest BCUT2D eigenvalue weighted by Crippen LogP contribution is -2.53. The van der Waals surface area contributed by atoms with Crippen molar-refractivity contribution >= 4 is 11.6 Å². The summed E-state index contributed by atoms with van der Waals surface area (Å²) >= 11 is 0. The maximum Gasteiger partial charge on any atom is 0.234 e. The van der Waals surface area contributed by atoms with E-state index in [0.717, 1.165) is 32.6 Å². The summed E-state index contributed by atoms with van der Waals surface area (Å²) in [5.74, 6) is 0.188. The van der Waals surface area contributed by atoms with Crippen molar-refractivity contribution in [1.82, 2.24) is 10.4 Å². The Bertz CT molecular complexity index is 638. The fraction of sp³-hybridized carbons (Fsp3) is 0.750. The van der Waals surface area contributed by atoms with E-state index in [0.29, 0.717) is 6.42 Å². The third-order valence-electron chi connectivity index (χ3n) is 6.93. The van der Waals surface area contributed by atoms with Gasteiger partial charge < -0.3 is 4.90 Å². The minimum atomic E-state index is 0.188. The van der Waals surface area contributed by atoms with Crippen LogP contribution in [0.5, 0.6) is 0 Å². The van der Waals surface area contributed by atoms with Crippen LogP contribution < -0.4 is 10.3 Å². The standard InChI is InChI=1S/C28H49N3O/c1-4-5-6-7-8-9-10-11-12-13-14-15-16-17-28(32)29-31-22-20-30(21-23-31)27-19-18-25(2)26(3)24-27/h18-19,24H,4-17,20-23H2,1-3H3,(H,29,32). The van der Waals surface area contributed by atoms with Gasteiger partial charge in [0.1, 0.15) is 0 Å². The quantitative estimate of drug-likeness (QED) is 0.281. The number of nitrogens with zero attached hydrogens (tertiary/aromatic N) is 2. The Balaban J connectivity index is 1.43. The smallest absolute Gasteiger partial charge is 0.234 e. The Morgan fingerprint density at radius 3 is 1.81 bits per heavy atom. The Hall–Kier alpha value is -1.55. The number of anilines is 1. The normalized spacial score (nSPS) is 14.7. The van der Waals surface area contributed by atoms with E-state index in [4.69, 9.17) is 0 Å². The first-order valence-corrected chi connectivity index (χ1v) is 13.5. The maximum atomic E-state index is 12.3. The molecule has 0 atom stereocenters. The number of unbranched alkanes of at least 4 members (excludes halogenated alkanes) is 12. The van der Waals surface area contributed by atoms with Gasteiger partial charge in [-0.05, 0) is 43.5 Å². The number of nitrogens with one attached hydrogen (secondary N) is 1. The molecule has 0 saturated carbocycles. The Labute approximate surface area is 198 Å². The molecule has 1 heterocycles. The van der Waals surface area contributed by atoms with Crippen LogP contribution in [0, 0.1) is 13.8 Å². The van der Waals surface area contributed by atoms with E-state index >= 15 is 0 Å². The molecule has 4 nitrogen and oxygen atoms in total. The fourth-order valence-corrected chi connectivity index (χ4v) is 4.53. The maximum absolute atomic E-state index is 12.3. The van der Waals surface area contributed by atoms with Gasteiger partial charge >= 0.3 is 0 Å².